The molecule has 0 aliphatic heterocycles. The Morgan fingerprint density at radius 1 is 1.50 bits per heavy atom. The molecule has 0 unspecified atom stereocenters. The highest BCUT2D eigenvalue weighted by Crippen LogP contribution is 1.64. The van der Waals surface area contributed by atoms with Gasteiger partial charge in [0.1, 0.15) is 0 Å². The molecule has 0 atom stereocenters. The van der Waals surface area contributed by atoms with E-state index >= 15 is 0 Å². The third-order valence-corrected chi connectivity index (χ3v) is 0.329. The minimum Gasteiger partial charge on any atom is -0.0991 e. The molecule has 6 heavy (non-hydrogen) atoms. The Morgan fingerprint density at radius 3 is 2.00 bits per heavy atom. The Hall–Kier alpha value is -0.303. The van der Waals surface area contributed by atoms with Crippen LogP contribution >= 0.6 is 0 Å². The molecule has 0 aliphatic rings. The molecule has 0 N–H and O–H groups in total. The first-order chi connectivity index (χ1) is 2.41. The van der Waals surface area contributed by atoms with Crippen LogP contribution in [0.4, 0.5) is 0 Å². The van der Waals surface area contributed by atoms with E-state index in [4.69, 9.17) is 0 Å². The van der Waals surface area contributed by atoms with Gasteiger partial charge in [-0.15, -0.1) is 0 Å². The van der Waals surface area contributed by atoms with Crippen molar-refractivity contribution >= 4 is 11.0 Å². The second-order valence-corrected chi connectivity index (χ2v) is 0.761. The van der Waals surface area contributed by atoms with Crippen molar-refractivity contribution in [2.24, 2.45) is 0 Å². The van der Waals surface area contributed by atoms with Gasteiger partial charge in [0.15, 0.2) is 0 Å². The van der Waals surface area contributed by atoms with Gasteiger partial charge in [0.05, 0.1) is 0 Å². The number of rotatable bonds is 1. The minimum absolute atomic E-state index is 0. The number of allylic oxidation sites excluding steroid dienone is 3. The van der Waals surface area contributed by atoms with Gasteiger partial charge >= 0.3 is 0 Å². The van der Waals surface area contributed by atoms with Crippen molar-refractivity contribution in [1.82, 2.24) is 0 Å². The quantitative estimate of drug-likeness (QED) is 0.341. The van der Waals surface area contributed by atoms with Crippen LogP contribution < -0.4 is 0 Å². The highest BCUT2D eigenvalue weighted by atomic mass is 28.1. The molecule has 0 fully saturated rings. The molecule has 0 aromatic carbocycles. The molecule has 0 aliphatic carbocycles. The molecule has 1 heteroatoms. The molecular formula is C5H8Si. The van der Waals surface area contributed by atoms with Gasteiger partial charge < -0.3 is 0 Å². The van der Waals surface area contributed by atoms with Crippen molar-refractivity contribution in [3.63, 3.8) is 0 Å². The average Bonchev–Trinajstić information content (AvgIpc) is 1.41. The second-order valence-electron chi connectivity index (χ2n) is 0.761. The summed E-state index contributed by atoms with van der Waals surface area (Å²) >= 11 is 0. The molecule has 0 saturated carbocycles. The van der Waals surface area contributed by atoms with E-state index in [1.807, 2.05) is 19.1 Å². The van der Waals surface area contributed by atoms with E-state index in [2.05, 4.69) is 6.58 Å². The van der Waals surface area contributed by atoms with E-state index < -0.39 is 0 Å². The fourth-order valence-electron chi connectivity index (χ4n) is 0.136. The lowest BCUT2D eigenvalue weighted by Crippen LogP contribution is -1.33. The summed E-state index contributed by atoms with van der Waals surface area (Å²) < 4.78 is 0. The van der Waals surface area contributed by atoms with Gasteiger partial charge in [0.25, 0.3) is 0 Å². The van der Waals surface area contributed by atoms with E-state index in [9.17, 15) is 0 Å². The van der Waals surface area contributed by atoms with Crippen molar-refractivity contribution < 1.29 is 0 Å². The van der Waals surface area contributed by atoms with Crippen molar-refractivity contribution in [2.75, 3.05) is 0 Å². The fraction of sp³-hybridized carbons (Fsp3) is 0.200. The van der Waals surface area contributed by atoms with Crippen molar-refractivity contribution in [3.8, 4) is 0 Å². The molecule has 0 amide bonds. The molecule has 0 heterocycles. The number of hydrogen-bond acceptors (Lipinski definition) is 0. The third kappa shape index (κ3) is 9.34. The molecule has 32 valence electrons. The van der Waals surface area contributed by atoms with Crippen LogP contribution in [0, 0.1) is 0 Å². The highest BCUT2D eigenvalue weighted by Gasteiger charge is 1.42. The highest BCUT2D eigenvalue weighted by molar-refractivity contribution is 5.75. The van der Waals surface area contributed by atoms with Crippen LogP contribution in [0.1, 0.15) is 6.92 Å². The summed E-state index contributed by atoms with van der Waals surface area (Å²) in [5.74, 6) is 0. The monoisotopic (exact) mass is 96.0 g/mol. The van der Waals surface area contributed by atoms with Crippen LogP contribution in [0.3, 0.4) is 0 Å². The maximum Gasteiger partial charge on any atom is 0 e. The van der Waals surface area contributed by atoms with Gasteiger partial charge in [0, 0.05) is 11.0 Å². The first kappa shape index (κ1) is 9.20. The van der Waals surface area contributed by atoms with E-state index in [0.717, 1.165) is 0 Å². The Kier molecular flexibility index (Phi) is 13.5. The lowest BCUT2D eigenvalue weighted by atomic mass is 10.5. The van der Waals surface area contributed by atoms with E-state index in [0.29, 0.717) is 0 Å². The van der Waals surface area contributed by atoms with Crippen molar-refractivity contribution in [3.05, 3.63) is 24.8 Å². The summed E-state index contributed by atoms with van der Waals surface area (Å²) in [4.78, 5) is 0. The minimum atomic E-state index is 0. The zero-order valence-corrected chi connectivity index (χ0v) is 4.94. The summed E-state index contributed by atoms with van der Waals surface area (Å²) in [6.07, 6.45) is 5.58. The first-order valence-electron chi connectivity index (χ1n) is 1.65. The van der Waals surface area contributed by atoms with E-state index in [1.54, 1.807) is 6.08 Å². The van der Waals surface area contributed by atoms with Gasteiger partial charge in [-0.05, 0) is 6.92 Å². The lowest BCUT2D eigenvalue weighted by molar-refractivity contribution is 1.74. The van der Waals surface area contributed by atoms with Gasteiger partial charge in [-0.1, -0.05) is 24.8 Å². The van der Waals surface area contributed by atoms with Crippen LogP contribution in [-0.2, 0) is 0 Å². The summed E-state index contributed by atoms with van der Waals surface area (Å²) in [6.45, 7) is 5.42. The zero-order valence-electron chi connectivity index (χ0n) is 3.94. The summed E-state index contributed by atoms with van der Waals surface area (Å²) in [5, 5.41) is 0. The molecule has 0 spiro atoms. The smallest absolute Gasteiger partial charge is 0 e. The Bertz CT molecular complexity index is 45.9. The van der Waals surface area contributed by atoms with Crippen molar-refractivity contribution in [1.29, 1.82) is 0 Å². The van der Waals surface area contributed by atoms with E-state index in [1.165, 1.54) is 0 Å². The average molecular weight is 96.2 g/mol. The lowest BCUT2D eigenvalue weighted by Gasteiger charge is -1.56. The number of hydrogen-bond donors (Lipinski definition) is 0. The maximum atomic E-state index is 3.46. The molecule has 0 bridgehead atoms. The standard InChI is InChI=1S/C5H8.Si/c1-3-5-4-2;/h3-5H,1H2,2H3;. The topological polar surface area (TPSA) is 0 Å². The third-order valence-electron chi connectivity index (χ3n) is 0.329. The normalized spacial score (nSPS) is 7.50. The van der Waals surface area contributed by atoms with Gasteiger partial charge in [-0.2, -0.15) is 0 Å². The predicted octanol–water partition coefficient (Wildman–Crippen LogP) is 1.37. The van der Waals surface area contributed by atoms with Crippen LogP contribution in [0.25, 0.3) is 0 Å². The molecule has 0 rings (SSSR count). The Labute approximate surface area is 43.6 Å². The van der Waals surface area contributed by atoms with E-state index in [-0.39, 0.29) is 11.0 Å². The molecular weight excluding hydrogens is 88.1 g/mol. The van der Waals surface area contributed by atoms with Crippen LogP contribution in [0.15, 0.2) is 24.8 Å². The second kappa shape index (κ2) is 8.83. The molecule has 4 radical (unpaired) electrons. The maximum absolute atomic E-state index is 3.46. The predicted molar refractivity (Wildman–Crippen MR) is 30.8 cm³/mol. The molecule has 0 aromatic rings. The van der Waals surface area contributed by atoms with Crippen LogP contribution in [0.5, 0.6) is 0 Å². The first-order valence-corrected chi connectivity index (χ1v) is 1.65. The summed E-state index contributed by atoms with van der Waals surface area (Å²) in [6, 6.07) is 0. The molecule has 0 aromatic heterocycles. The molecule has 0 nitrogen and oxygen atoms in total. The molecule has 0 saturated heterocycles. The van der Waals surface area contributed by atoms with Gasteiger partial charge in [-0.25, -0.2) is 0 Å². The van der Waals surface area contributed by atoms with Crippen LogP contribution in [0.2, 0.25) is 0 Å². The summed E-state index contributed by atoms with van der Waals surface area (Å²) in [7, 11) is 0. The largest absolute Gasteiger partial charge is 0.0991 e. The van der Waals surface area contributed by atoms with Crippen molar-refractivity contribution in [2.45, 2.75) is 6.92 Å². The van der Waals surface area contributed by atoms with Gasteiger partial charge in [-0.3, -0.25) is 0 Å². The van der Waals surface area contributed by atoms with Gasteiger partial charge in [0.2, 0.25) is 0 Å². The fourth-order valence-corrected chi connectivity index (χ4v) is 0.136. The van der Waals surface area contributed by atoms with Crippen LogP contribution in [-0.4, -0.2) is 11.0 Å². The SMILES string of the molecule is C=CC=CC.[Si]. The summed E-state index contributed by atoms with van der Waals surface area (Å²) in [5.41, 5.74) is 0. The Morgan fingerprint density at radius 2 is 2.00 bits per heavy atom. The zero-order chi connectivity index (χ0) is 4.12. The Balaban J connectivity index is 0.